The van der Waals surface area contributed by atoms with Crippen LogP contribution in [0.4, 0.5) is 5.82 Å². The van der Waals surface area contributed by atoms with Crippen molar-refractivity contribution in [2.45, 2.75) is 6.54 Å². The van der Waals surface area contributed by atoms with Crippen LogP contribution in [0.25, 0.3) is 11.4 Å². The number of amides is 1. The Bertz CT molecular complexity index is 910. The molecule has 0 fully saturated rings. The lowest BCUT2D eigenvalue weighted by Gasteiger charge is -2.19. The molecule has 0 radical (unpaired) electrons. The largest absolute Gasteiger partial charge is 0.355 e. The lowest BCUT2D eigenvalue weighted by molar-refractivity contribution is 0.0953. The van der Waals surface area contributed by atoms with E-state index in [1.165, 1.54) is 0 Å². The van der Waals surface area contributed by atoms with Gasteiger partial charge in [-0.15, -0.1) is 6.58 Å². The van der Waals surface area contributed by atoms with E-state index in [1.807, 2.05) is 60.5 Å². The highest BCUT2D eigenvalue weighted by molar-refractivity contribution is 5.93. The minimum absolute atomic E-state index is 0.246. The van der Waals surface area contributed by atoms with E-state index in [9.17, 15) is 4.79 Å². The molecule has 0 unspecified atom stereocenters. The Labute approximate surface area is 159 Å². The van der Waals surface area contributed by atoms with Crippen LogP contribution in [0, 0.1) is 0 Å². The molecule has 27 heavy (non-hydrogen) atoms. The molecule has 5 nitrogen and oxygen atoms in total. The summed E-state index contributed by atoms with van der Waals surface area (Å²) in [5, 5.41) is 2.78. The highest BCUT2D eigenvalue weighted by Gasteiger charge is 2.15. The molecule has 0 aliphatic carbocycles. The van der Waals surface area contributed by atoms with Crippen molar-refractivity contribution in [2.75, 3.05) is 18.5 Å². The Morgan fingerprint density at radius 3 is 2.41 bits per heavy atom. The molecule has 0 atom stereocenters. The van der Waals surface area contributed by atoms with Gasteiger partial charge in [0.2, 0.25) is 0 Å². The van der Waals surface area contributed by atoms with Crippen LogP contribution < -0.4 is 10.2 Å². The molecule has 0 saturated carbocycles. The van der Waals surface area contributed by atoms with Gasteiger partial charge >= 0.3 is 0 Å². The standard InChI is InChI=1S/C22H22N4O/c1-3-14-23-22(27)19-15-20(26(2)16-17-10-6-4-7-11-17)25-21(24-19)18-12-8-5-9-13-18/h3-13,15H,1,14,16H2,2H3,(H,23,27). The third kappa shape index (κ3) is 4.79. The van der Waals surface area contributed by atoms with Gasteiger partial charge in [0.05, 0.1) is 0 Å². The Hall–Kier alpha value is -3.47. The molecule has 1 amide bonds. The average Bonchev–Trinajstić information content (AvgIpc) is 2.73. The van der Waals surface area contributed by atoms with Crippen molar-refractivity contribution in [2.24, 2.45) is 0 Å². The highest BCUT2D eigenvalue weighted by Crippen LogP contribution is 2.21. The summed E-state index contributed by atoms with van der Waals surface area (Å²) in [6.45, 7) is 4.70. The number of hydrogen-bond donors (Lipinski definition) is 1. The maximum atomic E-state index is 12.5. The summed E-state index contributed by atoms with van der Waals surface area (Å²) in [6.07, 6.45) is 1.64. The van der Waals surface area contributed by atoms with Gasteiger partial charge in [-0.3, -0.25) is 4.79 Å². The minimum atomic E-state index is -0.246. The fraction of sp³-hybridized carbons (Fsp3) is 0.136. The summed E-state index contributed by atoms with van der Waals surface area (Å²) in [6, 6.07) is 21.5. The number of benzene rings is 2. The van der Waals surface area contributed by atoms with Crippen molar-refractivity contribution >= 4 is 11.7 Å². The maximum Gasteiger partial charge on any atom is 0.270 e. The van der Waals surface area contributed by atoms with E-state index in [4.69, 9.17) is 0 Å². The Morgan fingerprint density at radius 2 is 1.74 bits per heavy atom. The maximum absolute atomic E-state index is 12.5. The molecule has 0 aliphatic heterocycles. The molecule has 136 valence electrons. The van der Waals surface area contributed by atoms with Crippen LogP contribution in [0.5, 0.6) is 0 Å². The van der Waals surface area contributed by atoms with Crippen LogP contribution in [0.15, 0.2) is 79.4 Å². The molecule has 3 aromatic rings. The van der Waals surface area contributed by atoms with Gasteiger partial charge in [-0.05, 0) is 5.56 Å². The minimum Gasteiger partial charge on any atom is -0.355 e. The van der Waals surface area contributed by atoms with E-state index in [1.54, 1.807) is 12.1 Å². The van der Waals surface area contributed by atoms with Gasteiger partial charge in [-0.25, -0.2) is 9.97 Å². The van der Waals surface area contributed by atoms with E-state index in [2.05, 4.69) is 34.0 Å². The van der Waals surface area contributed by atoms with Gasteiger partial charge in [0.15, 0.2) is 5.82 Å². The zero-order valence-corrected chi connectivity index (χ0v) is 15.3. The van der Waals surface area contributed by atoms with Crippen LogP contribution in [0.3, 0.4) is 0 Å². The third-order valence-corrected chi connectivity index (χ3v) is 4.04. The topological polar surface area (TPSA) is 58.1 Å². The fourth-order valence-electron chi connectivity index (χ4n) is 2.66. The molecule has 0 spiro atoms. The number of rotatable bonds is 7. The Balaban J connectivity index is 1.96. The van der Waals surface area contributed by atoms with Crippen molar-refractivity contribution in [3.05, 3.63) is 90.6 Å². The fourth-order valence-corrected chi connectivity index (χ4v) is 2.66. The quantitative estimate of drug-likeness (QED) is 0.655. The molecular formula is C22H22N4O. The summed E-state index contributed by atoms with van der Waals surface area (Å²) in [5.74, 6) is 0.970. The molecular weight excluding hydrogens is 336 g/mol. The van der Waals surface area contributed by atoms with Crippen LogP contribution >= 0.6 is 0 Å². The third-order valence-electron chi connectivity index (χ3n) is 4.04. The first-order valence-corrected chi connectivity index (χ1v) is 8.76. The van der Waals surface area contributed by atoms with Crippen molar-refractivity contribution < 1.29 is 4.79 Å². The van der Waals surface area contributed by atoms with Gasteiger partial charge in [-0.1, -0.05) is 66.7 Å². The van der Waals surface area contributed by atoms with Gasteiger partial charge in [0, 0.05) is 31.8 Å². The van der Waals surface area contributed by atoms with E-state index in [0.29, 0.717) is 30.4 Å². The van der Waals surface area contributed by atoms with Crippen molar-refractivity contribution in [1.29, 1.82) is 0 Å². The number of carbonyl (C=O) groups is 1. The molecule has 1 N–H and O–H groups in total. The summed E-state index contributed by atoms with van der Waals surface area (Å²) in [5.41, 5.74) is 2.36. The highest BCUT2D eigenvalue weighted by atomic mass is 16.1. The summed E-state index contributed by atoms with van der Waals surface area (Å²) >= 11 is 0. The molecule has 0 bridgehead atoms. The SMILES string of the molecule is C=CCNC(=O)c1cc(N(C)Cc2ccccc2)nc(-c2ccccc2)n1. The second-order valence-corrected chi connectivity index (χ2v) is 6.14. The molecule has 1 aromatic heterocycles. The lowest BCUT2D eigenvalue weighted by atomic mass is 10.2. The monoisotopic (exact) mass is 358 g/mol. The smallest absolute Gasteiger partial charge is 0.270 e. The zero-order chi connectivity index (χ0) is 19.1. The van der Waals surface area contributed by atoms with Gasteiger partial charge in [0.1, 0.15) is 11.5 Å². The first-order valence-electron chi connectivity index (χ1n) is 8.76. The number of carbonyl (C=O) groups excluding carboxylic acids is 1. The number of aromatic nitrogens is 2. The molecule has 3 rings (SSSR count). The van der Waals surface area contributed by atoms with Crippen molar-refractivity contribution in [3.63, 3.8) is 0 Å². The van der Waals surface area contributed by atoms with Crippen LogP contribution in [-0.2, 0) is 6.54 Å². The molecule has 1 heterocycles. The number of hydrogen-bond acceptors (Lipinski definition) is 4. The van der Waals surface area contributed by atoms with Gasteiger partial charge < -0.3 is 10.2 Å². The normalized spacial score (nSPS) is 10.3. The summed E-state index contributed by atoms with van der Waals surface area (Å²) in [7, 11) is 1.95. The van der Waals surface area contributed by atoms with Gasteiger partial charge in [0.25, 0.3) is 5.91 Å². The first-order chi connectivity index (χ1) is 13.2. The zero-order valence-electron chi connectivity index (χ0n) is 15.3. The first kappa shape index (κ1) is 18.3. The molecule has 0 aliphatic rings. The lowest BCUT2D eigenvalue weighted by Crippen LogP contribution is -2.26. The Morgan fingerprint density at radius 1 is 1.07 bits per heavy atom. The Kier molecular flexibility index (Phi) is 5.94. The average molecular weight is 358 g/mol. The van der Waals surface area contributed by atoms with Crippen molar-refractivity contribution in [1.82, 2.24) is 15.3 Å². The predicted octanol–water partition coefficient (Wildman–Crippen LogP) is 3.70. The van der Waals surface area contributed by atoms with E-state index < -0.39 is 0 Å². The van der Waals surface area contributed by atoms with Crippen LogP contribution in [0.1, 0.15) is 16.1 Å². The summed E-state index contributed by atoms with van der Waals surface area (Å²) < 4.78 is 0. The number of nitrogens with one attached hydrogen (secondary N) is 1. The molecule has 2 aromatic carbocycles. The number of anilines is 1. The van der Waals surface area contributed by atoms with E-state index in [-0.39, 0.29) is 5.91 Å². The van der Waals surface area contributed by atoms with Crippen LogP contribution in [0.2, 0.25) is 0 Å². The molecule has 5 heteroatoms. The predicted molar refractivity (Wildman–Crippen MR) is 109 cm³/mol. The van der Waals surface area contributed by atoms with Crippen molar-refractivity contribution in [3.8, 4) is 11.4 Å². The second kappa shape index (κ2) is 8.76. The van der Waals surface area contributed by atoms with E-state index >= 15 is 0 Å². The second-order valence-electron chi connectivity index (χ2n) is 6.14. The molecule has 0 saturated heterocycles. The van der Waals surface area contributed by atoms with Crippen LogP contribution in [-0.4, -0.2) is 29.5 Å². The van der Waals surface area contributed by atoms with Gasteiger partial charge in [-0.2, -0.15) is 0 Å². The van der Waals surface area contributed by atoms with E-state index in [0.717, 1.165) is 11.1 Å². The summed E-state index contributed by atoms with van der Waals surface area (Å²) in [4.78, 5) is 23.6. The number of nitrogens with zero attached hydrogens (tertiary/aromatic N) is 3.